The summed E-state index contributed by atoms with van der Waals surface area (Å²) in [4.78, 5) is 24.5. The molecule has 3 rings (SSSR count). The minimum atomic E-state index is -0.344. The molecule has 0 fully saturated rings. The Bertz CT molecular complexity index is 990. The summed E-state index contributed by atoms with van der Waals surface area (Å²) in [6.45, 7) is 0. The van der Waals surface area contributed by atoms with E-state index >= 15 is 0 Å². The number of amides is 2. The van der Waals surface area contributed by atoms with E-state index in [-0.39, 0.29) is 16.8 Å². The zero-order valence-electron chi connectivity index (χ0n) is 13.8. The second kappa shape index (κ2) is 8.57. The molecule has 0 bridgehead atoms. The van der Waals surface area contributed by atoms with E-state index in [4.69, 9.17) is 23.2 Å². The van der Waals surface area contributed by atoms with Crippen LogP contribution in [-0.4, -0.2) is 11.8 Å². The smallest absolute Gasteiger partial charge is 0.257 e. The lowest BCUT2D eigenvalue weighted by Crippen LogP contribution is -2.13. The number of anilines is 2. The number of halogens is 3. The molecule has 7 heteroatoms. The third kappa shape index (κ3) is 5.10. The predicted molar refractivity (Wildman–Crippen MR) is 113 cm³/mol. The Labute approximate surface area is 174 Å². The summed E-state index contributed by atoms with van der Waals surface area (Å²) in [6, 6.07) is 18.5. The summed E-state index contributed by atoms with van der Waals surface area (Å²) in [5, 5.41) is 6.29. The summed E-state index contributed by atoms with van der Waals surface area (Å²) in [5.74, 6) is -0.560. The van der Waals surface area contributed by atoms with E-state index < -0.39 is 0 Å². The van der Waals surface area contributed by atoms with Crippen LogP contribution < -0.4 is 10.6 Å². The van der Waals surface area contributed by atoms with Gasteiger partial charge in [0, 0.05) is 26.4 Å². The van der Waals surface area contributed by atoms with Gasteiger partial charge in [-0.2, -0.15) is 0 Å². The number of benzene rings is 3. The molecule has 136 valence electrons. The van der Waals surface area contributed by atoms with Gasteiger partial charge in [-0.3, -0.25) is 9.59 Å². The fraction of sp³-hybridized carbons (Fsp3) is 0. The van der Waals surface area contributed by atoms with E-state index in [1.165, 1.54) is 6.07 Å². The van der Waals surface area contributed by atoms with E-state index in [2.05, 4.69) is 26.6 Å². The van der Waals surface area contributed by atoms with Crippen LogP contribution in [0.1, 0.15) is 20.7 Å². The highest BCUT2D eigenvalue weighted by atomic mass is 79.9. The van der Waals surface area contributed by atoms with Gasteiger partial charge < -0.3 is 10.6 Å². The van der Waals surface area contributed by atoms with E-state index in [1.54, 1.807) is 60.7 Å². The van der Waals surface area contributed by atoms with Gasteiger partial charge in [-0.1, -0.05) is 39.1 Å². The number of nitrogens with one attached hydrogen (secondary N) is 2. The van der Waals surface area contributed by atoms with Gasteiger partial charge in [-0.05, 0) is 66.7 Å². The summed E-state index contributed by atoms with van der Waals surface area (Å²) >= 11 is 15.2. The van der Waals surface area contributed by atoms with Gasteiger partial charge in [-0.25, -0.2) is 0 Å². The monoisotopic (exact) mass is 462 g/mol. The number of hydrogen-bond acceptors (Lipinski definition) is 2. The van der Waals surface area contributed by atoms with E-state index in [1.807, 2.05) is 0 Å². The van der Waals surface area contributed by atoms with Gasteiger partial charge in [-0.15, -0.1) is 0 Å². The van der Waals surface area contributed by atoms with E-state index in [0.717, 1.165) is 4.47 Å². The normalized spacial score (nSPS) is 10.3. The van der Waals surface area contributed by atoms with Gasteiger partial charge in [0.25, 0.3) is 11.8 Å². The first kappa shape index (κ1) is 19.4. The van der Waals surface area contributed by atoms with Gasteiger partial charge in [0.2, 0.25) is 0 Å². The highest BCUT2D eigenvalue weighted by Crippen LogP contribution is 2.22. The van der Waals surface area contributed by atoms with Crippen molar-refractivity contribution in [1.29, 1.82) is 0 Å². The van der Waals surface area contributed by atoms with Crippen molar-refractivity contribution in [3.8, 4) is 0 Å². The molecule has 0 saturated heterocycles. The quantitative estimate of drug-likeness (QED) is 0.479. The molecule has 3 aromatic rings. The molecule has 0 radical (unpaired) electrons. The van der Waals surface area contributed by atoms with Crippen LogP contribution in [0.25, 0.3) is 0 Å². The molecule has 2 N–H and O–H groups in total. The molecule has 0 heterocycles. The van der Waals surface area contributed by atoms with Crippen LogP contribution in [0.4, 0.5) is 11.4 Å². The maximum absolute atomic E-state index is 12.3. The highest BCUT2D eigenvalue weighted by molar-refractivity contribution is 9.10. The lowest BCUT2D eigenvalue weighted by Gasteiger charge is -2.09. The first-order valence-electron chi connectivity index (χ1n) is 7.86. The van der Waals surface area contributed by atoms with Crippen LogP contribution in [0.15, 0.2) is 71.2 Å². The number of carbonyl (C=O) groups excluding carboxylic acids is 2. The summed E-state index contributed by atoms with van der Waals surface area (Å²) in [5.41, 5.74) is 2.07. The standard InChI is InChI=1S/C20H13BrCl2N2O2/c21-13-3-1-12(2-4-13)19(26)24-15-6-8-16(9-7-15)25-20(27)17-10-5-14(22)11-18(17)23/h1-11H,(H,24,26)(H,25,27). The van der Waals surface area contributed by atoms with Crippen LogP contribution in [-0.2, 0) is 0 Å². The van der Waals surface area contributed by atoms with Gasteiger partial charge in [0.15, 0.2) is 0 Å². The van der Waals surface area contributed by atoms with Gasteiger partial charge in [0.05, 0.1) is 10.6 Å². The van der Waals surface area contributed by atoms with Crippen molar-refractivity contribution in [3.63, 3.8) is 0 Å². The lowest BCUT2D eigenvalue weighted by molar-refractivity contribution is 0.101. The molecule has 0 saturated carbocycles. The summed E-state index contributed by atoms with van der Waals surface area (Å²) in [7, 11) is 0. The largest absolute Gasteiger partial charge is 0.322 e. The fourth-order valence-corrected chi connectivity index (χ4v) is 3.07. The van der Waals surface area contributed by atoms with Crippen molar-refractivity contribution < 1.29 is 9.59 Å². The van der Waals surface area contributed by atoms with Gasteiger partial charge >= 0.3 is 0 Å². The molecule has 0 aliphatic carbocycles. The summed E-state index contributed by atoms with van der Waals surface area (Å²) < 4.78 is 0.903. The first-order valence-corrected chi connectivity index (χ1v) is 9.40. The number of carbonyl (C=O) groups is 2. The SMILES string of the molecule is O=C(Nc1ccc(NC(=O)c2ccc(Cl)cc2Cl)cc1)c1ccc(Br)cc1. The average Bonchev–Trinajstić information content (AvgIpc) is 2.63. The molecule has 0 aliphatic rings. The minimum absolute atomic E-state index is 0.216. The van der Waals surface area contributed by atoms with Crippen molar-refractivity contribution >= 4 is 62.3 Å². The molecular weight excluding hydrogens is 451 g/mol. The molecule has 0 unspecified atom stereocenters. The second-order valence-corrected chi connectivity index (χ2v) is 7.38. The Morgan fingerprint density at radius 2 is 1.30 bits per heavy atom. The third-order valence-electron chi connectivity index (χ3n) is 3.68. The predicted octanol–water partition coefficient (Wildman–Crippen LogP) is 6.26. The fourth-order valence-electron chi connectivity index (χ4n) is 2.31. The zero-order chi connectivity index (χ0) is 19.4. The van der Waals surface area contributed by atoms with Crippen molar-refractivity contribution in [2.45, 2.75) is 0 Å². The first-order chi connectivity index (χ1) is 12.9. The van der Waals surface area contributed by atoms with Crippen molar-refractivity contribution in [2.75, 3.05) is 10.6 Å². The molecular formula is C20H13BrCl2N2O2. The Balaban J connectivity index is 1.65. The summed E-state index contributed by atoms with van der Waals surface area (Å²) in [6.07, 6.45) is 0. The van der Waals surface area contributed by atoms with Crippen molar-refractivity contribution in [3.05, 3.63) is 92.4 Å². The maximum Gasteiger partial charge on any atom is 0.257 e. The highest BCUT2D eigenvalue weighted by Gasteiger charge is 2.11. The van der Waals surface area contributed by atoms with Crippen molar-refractivity contribution in [2.24, 2.45) is 0 Å². The molecule has 0 atom stereocenters. The van der Waals surface area contributed by atoms with Gasteiger partial charge in [0.1, 0.15) is 0 Å². The van der Waals surface area contributed by atoms with E-state index in [0.29, 0.717) is 27.5 Å². The van der Waals surface area contributed by atoms with Crippen molar-refractivity contribution in [1.82, 2.24) is 0 Å². The minimum Gasteiger partial charge on any atom is -0.322 e. The van der Waals surface area contributed by atoms with Crippen LogP contribution in [0.3, 0.4) is 0 Å². The lowest BCUT2D eigenvalue weighted by atomic mass is 10.2. The van der Waals surface area contributed by atoms with Crippen LogP contribution in [0.5, 0.6) is 0 Å². The molecule has 0 spiro atoms. The third-order valence-corrected chi connectivity index (χ3v) is 4.76. The average molecular weight is 464 g/mol. The Morgan fingerprint density at radius 3 is 1.85 bits per heavy atom. The van der Waals surface area contributed by atoms with E-state index in [9.17, 15) is 9.59 Å². The Hall–Kier alpha value is -2.34. The number of rotatable bonds is 4. The molecule has 0 aromatic heterocycles. The molecule has 2 amide bonds. The molecule has 27 heavy (non-hydrogen) atoms. The molecule has 4 nitrogen and oxygen atoms in total. The van der Waals surface area contributed by atoms with Crippen LogP contribution in [0, 0.1) is 0 Å². The molecule has 0 aliphatic heterocycles. The molecule has 3 aromatic carbocycles. The Morgan fingerprint density at radius 1 is 0.741 bits per heavy atom. The van der Waals surface area contributed by atoms with Crippen LogP contribution >= 0.6 is 39.1 Å². The Kier molecular flexibility index (Phi) is 6.16. The topological polar surface area (TPSA) is 58.2 Å². The maximum atomic E-state index is 12.3. The van der Waals surface area contributed by atoms with Crippen LogP contribution in [0.2, 0.25) is 10.0 Å². The second-order valence-electron chi connectivity index (χ2n) is 5.62. The zero-order valence-corrected chi connectivity index (χ0v) is 16.9. The number of hydrogen-bond donors (Lipinski definition) is 2.